The van der Waals surface area contributed by atoms with E-state index in [9.17, 15) is 0 Å². The van der Waals surface area contributed by atoms with Gasteiger partial charge >= 0.3 is 0 Å². The molecule has 0 radical (unpaired) electrons. The Morgan fingerprint density at radius 2 is 2.24 bits per heavy atom. The number of benzene rings is 1. The van der Waals surface area contributed by atoms with E-state index in [0.717, 1.165) is 37.3 Å². The van der Waals surface area contributed by atoms with Gasteiger partial charge < -0.3 is 15.4 Å². The van der Waals surface area contributed by atoms with Crippen LogP contribution in [0.25, 0.3) is 10.9 Å². The first-order valence-corrected chi connectivity index (χ1v) is 7.77. The number of nitrogens with zero attached hydrogens (tertiary/aromatic N) is 2. The van der Waals surface area contributed by atoms with Gasteiger partial charge in [-0.2, -0.15) is 0 Å². The monoisotopic (exact) mass is 285 g/mol. The average Bonchev–Trinajstić information content (AvgIpc) is 3.04. The van der Waals surface area contributed by atoms with Gasteiger partial charge in [0.2, 0.25) is 0 Å². The van der Waals surface area contributed by atoms with Crippen LogP contribution in [0.3, 0.4) is 0 Å². The Morgan fingerprint density at radius 1 is 1.38 bits per heavy atom. The van der Waals surface area contributed by atoms with E-state index in [2.05, 4.69) is 41.1 Å². The van der Waals surface area contributed by atoms with E-state index in [4.69, 9.17) is 10.5 Å². The Balaban J connectivity index is 1.99. The fourth-order valence-corrected chi connectivity index (χ4v) is 3.01. The fourth-order valence-electron chi connectivity index (χ4n) is 3.01. The van der Waals surface area contributed by atoms with Crippen LogP contribution in [0.1, 0.15) is 25.5 Å². The summed E-state index contributed by atoms with van der Waals surface area (Å²) in [6.07, 6.45) is 2.68. The summed E-state index contributed by atoms with van der Waals surface area (Å²) in [5.74, 6) is 0. The largest absolute Gasteiger partial charge is 0.376 e. The van der Waals surface area contributed by atoms with Gasteiger partial charge in [0.05, 0.1) is 17.3 Å². The van der Waals surface area contributed by atoms with Crippen molar-refractivity contribution in [1.29, 1.82) is 0 Å². The number of para-hydroxylation sites is 1. The van der Waals surface area contributed by atoms with Gasteiger partial charge in [-0.15, -0.1) is 0 Å². The molecule has 3 rings (SSSR count). The third kappa shape index (κ3) is 3.01. The second-order valence-corrected chi connectivity index (χ2v) is 5.53. The summed E-state index contributed by atoms with van der Waals surface area (Å²) in [6, 6.07) is 10.4. The highest BCUT2D eigenvalue weighted by molar-refractivity contribution is 5.92. The highest BCUT2D eigenvalue weighted by Gasteiger charge is 2.20. The first-order valence-electron chi connectivity index (χ1n) is 7.77. The summed E-state index contributed by atoms with van der Waals surface area (Å²) in [7, 11) is 0. The first-order chi connectivity index (χ1) is 10.3. The number of rotatable bonds is 5. The molecule has 112 valence electrons. The zero-order valence-corrected chi connectivity index (χ0v) is 12.6. The van der Waals surface area contributed by atoms with E-state index >= 15 is 0 Å². The third-order valence-corrected chi connectivity index (χ3v) is 4.13. The Morgan fingerprint density at radius 3 is 2.95 bits per heavy atom. The predicted octanol–water partition coefficient (Wildman–Crippen LogP) is 2.70. The summed E-state index contributed by atoms with van der Waals surface area (Å²) in [6.45, 7) is 5.45. The molecule has 1 aromatic heterocycles. The van der Waals surface area contributed by atoms with Crippen LogP contribution >= 0.6 is 0 Å². The summed E-state index contributed by atoms with van der Waals surface area (Å²) in [5, 5.41) is 1.19. The number of ether oxygens (including phenoxy) is 1. The van der Waals surface area contributed by atoms with Gasteiger partial charge in [-0.1, -0.05) is 18.2 Å². The molecule has 0 aliphatic carbocycles. The number of pyridine rings is 1. The number of likely N-dealkylation sites (N-methyl/N-ethyl adjacent to an activating group) is 1. The summed E-state index contributed by atoms with van der Waals surface area (Å²) in [5.41, 5.74) is 8.98. The Labute approximate surface area is 125 Å². The molecular formula is C17H23N3O. The van der Waals surface area contributed by atoms with Crippen molar-refractivity contribution in [1.82, 2.24) is 4.98 Å². The minimum atomic E-state index is 0.346. The number of hydrogen-bond donors (Lipinski definition) is 1. The van der Waals surface area contributed by atoms with Crippen molar-refractivity contribution >= 4 is 16.6 Å². The maximum Gasteiger partial charge on any atom is 0.0750 e. The van der Waals surface area contributed by atoms with Gasteiger partial charge in [0.15, 0.2) is 0 Å². The van der Waals surface area contributed by atoms with Gasteiger partial charge in [-0.05, 0) is 31.9 Å². The minimum absolute atomic E-state index is 0.346. The lowest BCUT2D eigenvalue weighted by Crippen LogP contribution is -2.32. The van der Waals surface area contributed by atoms with E-state index in [1.807, 2.05) is 6.07 Å². The third-order valence-electron chi connectivity index (χ3n) is 4.13. The number of hydrogen-bond acceptors (Lipinski definition) is 4. The smallest absolute Gasteiger partial charge is 0.0750 e. The van der Waals surface area contributed by atoms with Crippen molar-refractivity contribution in [2.45, 2.75) is 32.4 Å². The lowest BCUT2D eigenvalue weighted by atomic mass is 10.1. The molecule has 4 heteroatoms. The Kier molecular flexibility index (Phi) is 4.36. The molecule has 1 fully saturated rings. The van der Waals surface area contributed by atoms with Crippen LogP contribution in [0.5, 0.6) is 0 Å². The molecule has 2 N–H and O–H groups in total. The lowest BCUT2D eigenvalue weighted by Gasteiger charge is -2.27. The fraction of sp³-hybridized carbons (Fsp3) is 0.471. The van der Waals surface area contributed by atoms with Crippen LogP contribution in [0.2, 0.25) is 0 Å². The number of nitrogens with two attached hydrogens (primary N) is 1. The second-order valence-electron chi connectivity index (χ2n) is 5.53. The standard InChI is InChI=1S/C17H23N3O/c1-2-20(12-14-6-5-9-21-14)17-10-13(11-18)19-16-8-4-3-7-15(16)17/h3-4,7-8,10,14H,2,5-6,9,11-12,18H2,1H3. The van der Waals surface area contributed by atoms with Gasteiger partial charge in [0.1, 0.15) is 0 Å². The first kappa shape index (κ1) is 14.3. The highest BCUT2D eigenvalue weighted by atomic mass is 16.5. The molecule has 0 spiro atoms. The summed E-state index contributed by atoms with van der Waals surface area (Å²) >= 11 is 0. The maximum atomic E-state index is 5.81. The molecule has 0 bridgehead atoms. The molecule has 1 aliphatic heterocycles. The number of anilines is 1. The molecule has 1 aliphatic rings. The van der Waals surface area contributed by atoms with Crippen molar-refractivity contribution in [3.8, 4) is 0 Å². The molecule has 1 saturated heterocycles. The van der Waals surface area contributed by atoms with E-state index < -0.39 is 0 Å². The number of fused-ring (bicyclic) bond motifs is 1. The van der Waals surface area contributed by atoms with Crippen molar-refractivity contribution in [3.63, 3.8) is 0 Å². The normalized spacial score (nSPS) is 18.3. The second kappa shape index (κ2) is 6.41. The van der Waals surface area contributed by atoms with E-state index in [1.54, 1.807) is 0 Å². The van der Waals surface area contributed by atoms with Crippen LogP contribution in [-0.4, -0.2) is 30.8 Å². The van der Waals surface area contributed by atoms with Gasteiger partial charge in [0, 0.05) is 37.3 Å². The van der Waals surface area contributed by atoms with Gasteiger partial charge in [0.25, 0.3) is 0 Å². The van der Waals surface area contributed by atoms with Gasteiger partial charge in [-0.25, -0.2) is 0 Å². The summed E-state index contributed by atoms with van der Waals surface area (Å²) < 4.78 is 5.79. The SMILES string of the molecule is CCN(CC1CCCO1)c1cc(CN)nc2ccccc12. The Hall–Kier alpha value is -1.65. The van der Waals surface area contributed by atoms with E-state index in [1.165, 1.54) is 17.5 Å². The molecule has 0 amide bonds. The topological polar surface area (TPSA) is 51.4 Å². The molecule has 1 atom stereocenters. The lowest BCUT2D eigenvalue weighted by molar-refractivity contribution is 0.116. The zero-order chi connectivity index (χ0) is 14.7. The average molecular weight is 285 g/mol. The molecule has 0 saturated carbocycles. The highest BCUT2D eigenvalue weighted by Crippen LogP contribution is 2.28. The molecule has 4 nitrogen and oxygen atoms in total. The molecule has 2 aromatic rings. The van der Waals surface area contributed by atoms with Crippen LogP contribution in [0.4, 0.5) is 5.69 Å². The van der Waals surface area contributed by atoms with Crippen molar-refractivity contribution < 1.29 is 4.74 Å². The summed E-state index contributed by atoms with van der Waals surface area (Å²) in [4.78, 5) is 7.01. The molecule has 2 heterocycles. The van der Waals surface area contributed by atoms with E-state index in [0.29, 0.717) is 12.6 Å². The molecule has 21 heavy (non-hydrogen) atoms. The maximum absolute atomic E-state index is 5.81. The van der Waals surface area contributed by atoms with Crippen LogP contribution in [0.15, 0.2) is 30.3 Å². The van der Waals surface area contributed by atoms with Crippen LogP contribution in [0, 0.1) is 0 Å². The Bertz CT molecular complexity index is 608. The predicted molar refractivity (Wildman–Crippen MR) is 86.5 cm³/mol. The van der Waals surface area contributed by atoms with Crippen molar-refractivity contribution in [2.75, 3.05) is 24.6 Å². The number of aromatic nitrogens is 1. The molecule has 1 unspecified atom stereocenters. The van der Waals surface area contributed by atoms with Crippen molar-refractivity contribution in [2.24, 2.45) is 5.73 Å². The van der Waals surface area contributed by atoms with Crippen LogP contribution < -0.4 is 10.6 Å². The van der Waals surface area contributed by atoms with Crippen LogP contribution in [-0.2, 0) is 11.3 Å². The molecule has 1 aromatic carbocycles. The quantitative estimate of drug-likeness (QED) is 0.917. The van der Waals surface area contributed by atoms with E-state index in [-0.39, 0.29) is 0 Å². The van der Waals surface area contributed by atoms with Crippen molar-refractivity contribution in [3.05, 3.63) is 36.0 Å². The minimum Gasteiger partial charge on any atom is -0.376 e. The van der Waals surface area contributed by atoms with Gasteiger partial charge in [-0.3, -0.25) is 4.98 Å². The zero-order valence-electron chi connectivity index (χ0n) is 12.6. The molecular weight excluding hydrogens is 262 g/mol.